The summed E-state index contributed by atoms with van der Waals surface area (Å²) in [6.45, 7) is -0.753. The molecule has 1 N–H and O–H groups in total. The Bertz CT molecular complexity index is 1860. The highest BCUT2D eigenvalue weighted by Gasteiger charge is 2.36. The van der Waals surface area contributed by atoms with Crippen LogP contribution in [0.3, 0.4) is 0 Å². The molecule has 1 atom stereocenters. The summed E-state index contributed by atoms with van der Waals surface area (Å²) in [6, 6.07) is 25.6. The van der Waals surface area contributed by atoms with Crippen molar-refractivity contribution in [2.24, 2.45) is 0 Å². The summed E-state index contributed by atoms with van der Waals surface area (Å²) in [5.74, 6) is -0.765. The van der Waals surface area contributed by atoms with E-state index >= 15 is 0 Å². The molecule has 258 valence electrons. The van der Waals surface area contributed by atoms with Gasteiger partial charge in [0.2, 0.25) is 11.8 Å². The molecule has 1 fully saturated rings. The van der Waals surface area contributed by atoms with Crippen molar-refractivity contribution in [3.05, 3.63) is 123 Å². The van der Waals surface area contributed by atoms with Crippen molar-refractivity contribution >= 4 is 62.3 Å². The van der Waals surface area contributed by atoms with Crippen LogP contribution in [0.15, 0.2) is 102 Å². The van der Waals surface area contributed by atoms with Gasteiger partial charge in [-0.15, -0.1) is 0 Å². The van der Waals surface area contributed by atoms with Crippen LogP contribution in [0.1, 0.15) is 43.2 Å². The van der Waals surface area contributed by atoms with Crippen LogP contribution in [-0.2, 0) is 32.6 Å². The normalized spacial score (nSPS) is 14.1. The van der Waals surface area contributed by atoms with E-state index in [0.717, 1.165) is 42.0 Å². The minimum Gasteiger partial charge on any atom is -0.495 e. The second-order valence-electron chi connectivity index (χ2n) is 11.9. The first kappa shape index (κ1) is 36.5. The molecule has 0 bridgehead atoms. The quantitative estimate of drug-likeness (QED) is 0.150. The number of rotatable bonds is 13. The summed E-state index contributed by atoms with van der Waals surface area (Å²) >= 11 is 19.2. The molecule has 8 nitrogen and oxygen atoms in total. The minimum atomic E-state index is -4.34. The molecule has 5 rings (SSSR count). The molecule has 1 saturated carbocycles. The maximum absolute atomic E-state index is 14.8. The van der Waals surface area contributed by atoms with Crippen molar-refractivity contribution in [3.63, 3.8) is 0 Å². The van der Waals surface area contributed by atoms with Crippen LogP contribution >= 0.6 is 34.8 Å². The minimum absolute atomic E-state index is 0.0266. The number of benzene rings is 4. The average Bonchev–Trinajstić information content (AvgIpc) is 3.10. The van der Waals surface area contributed by atoms with Crippen LogP contribution < -0.4 is 14.4 Å². The van der Waals surface area contributed by atoms with E-state index in [1.54, 1.807) is 42.5 Å². The summed E-state index contributed by atoms with van der Waals surface area (Å²) in [6.07, 6.45) is 4.99. The SMILES string of the molecule is COc1ccc(Cl)cc1N(CC(=O)N(Cc1ccc(Cl)cc1Cl)[C@@H](Cc1ccccc1)C(=O)NC1CCCCC1)S(=O)(=O)c1ccccc1. The molecule has 0 spiro atoms. The smallest absolute Gasteiger partial charge is 0.264 e. The third kappa shape index (κ3) is 9.28. The topological polar surface area (TPSA) is 96.0 Å². The van der Waals surface area contributed by atoms with Gasteiger partial charge >= 0.3 is 0 Å². The summed E-state index contributed by atoms with van der Waals surface area (Å²) < 4.78 is 35.2. The van der Waals surface area contributed by atoms with Crippen LogP contribution in [0.25, 0.3) is 0 Å². The Balaban J connectivity index is 1.61. The summed E-state index contributed by atoms with van der Waals surface area (Å²) in [4.78, 5) is 30.5. The number of nitrogens with one attached hydrogen (secondary N) is 1. The molecule has 49 heavy (non-hydrogen) atoms. The Morgan fingerprint density at radius 1 is 0.857 bits per heavy atom. The van der Waals surface area contributed by atoms with E-state index in [2.05, 4.69) is 5.32 Å². The molecule has 4 aromatic carbocycles. The van der Waals surface area contributed by atoms with Crippen LogP contribution in [0, 0.1) is 0 Å². The number of ether oxygens (including phenoxy) is 1. The summed E-state index contributed by atoms with van der Waals surface area (Å²) in [7, 11) is -2.94. The van der Waals surface area contributed by atoms with Gasteiger partial charge in [0.25, 0.3) is 10.0 Å². The predicted octanol–water partition coefficient (Wildman–Crippen LogP) is 7.94. The van der Waals surface area contributed by atoms with Gasteiger partial charge in [-0.25, -0.2) is 8.42 Å². The van der Waals surface area contributed by atoms with Gasteiger partial charge in [0.15, 0.2) is 0 Å². The Morgan fingerprint density at radius 2 is 1.49 bits per heavy atom. The van der Waals surface area contributed by atoms with Crippen LogP contribution in [-0.4, -0.2) is 50.9 Å². The zero-order chi connectivity index (χ0) is 35.0. The number of methoxy groups -OCH3 is 1. The third-order valence-electron chi connectivity index (χ3n) is 8.60. The average molecular weight is 743 g/mol. The zero-order valence-corrected chi connectivity index (χ0v) is 30.1. The lowest BCUT2D eigenvalue weighted by atomic mass is 9.94. The number of hydrogen-bond acceptors (Lipinski definition) is 5. The number of amides is 2. The fraction of sp³-hybridized carbons (Fsp3) is 0.297. The first-order chi connectivity index (χ1) is 23.6. The molecule has 1 aliphatic carbocycles. The number of nitrogens with zero attached hydrogens (tertiary/aromatic N) is 2. The molecule has 0 unspecified atom stereocenters. The Hall–Kier alpha value is -3.76. The molecule has 0 radical (unpaired) electrons. The van der Waals surface area contributed by atoms with Gasteiger partial charge in [0.05, 0.1) is 17.7 Å². The first-order valence-electron chi connectivity index (χ1n) is 16.1. The van der Waals surface area contributed by atoms with E-state index in [0.29, 0.717) is 15.6 Å². The fourth-order valence-corrected chi connectivity index (χ4v) is 8.09. The predicted molar refractivity (Wildman–Crippen MR) is 195 cm³/mol. The van der Waals surface area contributed by atoms with E-state index < -0.39 is 28.5 Å². The van der Waals surface area contributed by atoms with Crippen molar-refractivity contribution in [1.29, 1.82) is 0 Å². The first-order valence-corrected chi connectivity index (χ1v) is 18.6. The lowest BCUT2D eigenvalue weighted by molar-refractivity contribution is -0.140. The van der Waals surface area contributed by atoms with Gasteiger partial charge in [-0.05, 0) is 66.4 Å². The van der Waals surface area contributed by atoms with E-state index in [1.165, 1.54) is 36.3 Å². The number of sulfonamides is 1. The largest absolute Gasteiger partial charge is 0.495 e. The lowest BCUT2D eigenvalue weighted by Crippen LogP contribution is -2.55. The Morgan fingerprint density at radius 3 is 2.14 bits per heavy atom. The van der Waals surface area contributed by atoms with Gasteiger partial charge in [0, 0.05) is 34.1 Å². The lowest BCUT2D eigenvalue weighted by Gasteiger charge is -2.35. The molecule has 0 aliphatic heterocycles. The molecular weight excluding hydrogens is 705 g/mol. The maximum atomic E-state index is 14.8. The van der Waals surface area contributed by atoms with Gasteiger partial charge < -0.3 is 15.0 Å². The monoisotopic (exact) mass is 741 g/mol. The van der Waals surface area contributed by atoms with Crippen LogP contribution in [0.2, 0.25) is 15.1 Å². The molecule has 0 heterocycles. The molecule has 0 aromatic heterocycles. The van der Waals surface area contributed by atoms with Gasteiger partial charge in [-0.3, -0.25) is 13.9 Å². The number of carbonyl (C=O) groups is 2. The van der Waals surface area contributed by atoms with E-state index in [9.17, 15) is 18.0 Å². The number of anilines is 1. The van der Waals surface area contributed by atoms with Gasteiger partial charge in [-0.2, -0.15) is 0 Å². The van der Waals surface area contributed by atoms with Crippen molar-refractivity contribution < 1.29 is 22.7 Å². The van der Waals surface area contributed by atoms with E-state index in [4.69, 9.17) is 39.5 Å². The highest BCUT2D eigenvalue weighted by Crippen LogP contribution is 2.35. The van der Waals surface area contributed by atoms with Crippen molar-refractivity contribution in [2.45, 2.75) is 62.0 Å². The zero-order valence-electron chi connectivity index (χ0n) is 27.0. The molecule has 12 heteroatoms. The summed E-state index contributed by atoms with van der Waals surface area (Å²) in [5.41, 5.74) is 1.44. The number of halogens is 3. The third-order valence-corrected chi connectivity index (χ3v) is 11.2. The molecule has 4 aromatic rings. The van der Waals surface area contributed by atoms with Crippen molar-refractivity contribution in [2.75, 3.05) is 18.0 Å². The van der Waals surface area contributed by atoms with E-state index in [-0.39, 0.29) is 46.3 Å². The van der Waals surface area contributed by atoms with Crippen molar-refractivity contribution in [1.82, 2.24) is 10.2 Å². The maximum Gasteiger partial charge on any atom is 0.264 e. The highest BCUT2D eigenvalue weighted by atomic mass is 35.5. The van der Waals surface area contributed by atoms with Gasteiger partial charge in [0.1, 0.15) is 18.3 Å². The molecule has 2 amide bonds. The highest BCUT2D eigenvalue weighted by molar-refractivity contribution is 7.92. The standard InChI is InChI=1S/C37H38Cl3N3O5S/c1-48-35-20-19-29(39)23-33(35)43(49(46,47)31-15-9-4-10-16-31)25-36(44)42(24-27-17-18-28(38)22-32(27)40)34(21-26-11-5-2-6-12-26)37(45)41-30-13-7-3-8-14-30/h2,4-6,9-12,15-20,22-23,30,34H,3,7-8,13-14,21,24-25H2,1H3,(H,41,45)/t34-/m0/s1. The number of hydrogen-bond donors (Lipinski definition) is 1. The fourth-order valence-electron chi connectivity index (χ4n) is 6.02. The molecule has 1 aliphatic rings. The van der Waals surface area contributed by atoms with Crippen LogP contribution in [0.4, 0.5) is 5.69 Å². The summed E-state index contributed by atoms with van der Waals surface area (Å²) in [5, 5.41) is 4.16. The van der Waals surface area contributed by atoms with Crippen LogP contribution in [0.5, 0.6) is 5.75 Å². The second kappa shape index (κ2) is 16.8. The second-order valence-corrected chi connectivity index (χ2v) is 15.1. The molecule has 0 saturated heterocycles. The van der Waals surface area contributed by atoms with Crippen molar-refractivity contribution in [3.8, 4) is 5.75 Å². The Labute approximate surface area is 303 Å². The Kier molecular flexibility index (Phi) is 12.5. The van der Waals surface area contributed by atoms with E-state index in [1.807, 2.05) is 30.3 Å². The molecular formula is C37H38Cl3N3O5S. The van der Waals surface area contributed by atoms with Gasteiger partial charge in [-0.1, -0.05) is 109 Å². The number of carbonyl (C=O) groups excluding carboxylic acids is 2.